The highest BCUT2D eigenvalue weighted by Crippen LogP contribution is 2.25. The van der Waals surface area contributed by atoms with Gasteiger partial charge in [-0.15, -0.1) is 0 Å². The standard InChI is InChI=1S/C14H21N3O2S/c1-3-4-5-6-10-17-11-8-7-9-12(20(2,18)19)13(11)16-14(17)15/h7-9H,3-6,10H2,1-2H3,(H2,15,16). The number of aromatic nitrogens is 2. The van der Waals surface area contributed by atoms with Crippen LogP contribution in [0.3, 0.4) is 0 Å². The molecule has 0 spiro atoms. The number of rotatable bonds is 6. The molecule has 0 aliphatic heterocycles. The topological polar surface area (TPSA) is 78.0 Å². The lowest BCUT2D eigenvalue weighted by Crippen LogP contribution is -2.03. The smallest absolute Gasteiger partial charge is 0.201 e. The van der Waals surface area contributed by atoms with E-state index in [-0.39, 0.29) is 4.90 Å². The summed E-state index contributed by atoms with van der Waals surface area (Å²) < 4.78 is 25.5. The van der Waals surface area contributed by atoms with Crippen molar-refractivity contribution >= 4 is 26.8 Å². The molecule has 0 aliphatic rings. The zero-order valence-electron chi connectivity index (χ0n) is 12.0. The van der Waals surface area contributed by atoms with Crippen LogP contribution in [0.15, 0.2) is 23.1 Å². The number of imidazole rings is 1. The van der Waals surface area contributed by atoms with Crippen LogP contribution in [-0.2, 0) is 16.4 Å². The van der Waals surface area contributed by atoms with Crippen molar-refractivity contribution in [1.29, 1.82) is 0 Å². The van der Waals surface area contributed by atoms with E-state index in [0.717, 1.165) is 24.9 Å². The third kappa shape index (κ3) is 2.95. The summed E-state index contributed by atoms with van der Waals surface area (Å²) >= 11 is 0. The fraction of sp³-hybridized carbons (Fsp3) is 0.500. The fourth-order valence-corrected chi connectivity index (χ4v) is 3.20. The van der Waals surface area contributed by atoms with Crippen LogP contribution in [0.2, 0.25) is 0 Å². The molecule has 0 bridgehead atoms. The van der Waals surface area contributed by atoms with Crippen LogP contribution in [0.4, 0.5) is 5.95 Å². The Morgan fingerprint density at radius 2 is 2.00 bits per heavy atom. The first-order valence-corrected chi connectivity index (χ1v) is 8.79. The fourth-order valence-electron chi connectivity index (χ4n) is 2.37. The average Bonchev–Trinajstić information content (AvgIpc) is 2.69. The van der Waals surface area contributed by atoms with Gasteiger partial charge in [-0.25, -0.2) is 13.4 Å². The highest BCUT2D eigenvalue weighted by molar-refractivity contribution is 7.91. The number of hydrogen-bond donors (Lipinski definition) is 1. The van der Waals surface area contributed by atoms with Crippen molar-refractivity contribution in [3.8, 4) is 0 Å². The van der Waals surface area contributed by atoms with Crippen molar-refractivity contribution in [2.24, 2.45) is 0 Å². The van der Waals surface area contributed by atoms with Gasteiger partial charge >= 0.3 is 0 Å². The lowest BCUT2D eigenvalue weighted by Gasteiger charge is -2.06. The van der Waals surface area contributed by atoms with Crippen molar-refractivity contribution in [2.75, 3.05) is 12.0 Å². The molecule has 0 atom stereocenters. The second kappa shape index (κ2) is 5.83. The molecule has 2 rings (SSSR count). The Bertz CT molecular complexity index is 705. The highest BCUT2D eigenvalue weighted by atomic mass is 32.2. The Balaban J connectivity index is 2.40. The van der Waals surface area contributed by atoms with E-state index in [0.29, 0.717) is 11.5 Å². The van der Waals surface area contributed by atoms with E-state index in [2.05, 4.69) is 11.9 Å². The maximum Gasteiger partial charge on any atom is 0.201 e. The average molecular weight is 295 g/mol. The summed E-state index contributed by atoms with van der Waals surface area (Å²) in [5, 5.41) is 0. The molecule has 0 unspecified atom stereocenters. The summed E-state index contributed by atoms with van der Waals surface area (Å²) in [6.45, 7) is 2.94. The molecular formula is C14H21N3O2S. The van der Waals surface area contributed by atoms with E-state index < -0.39 is 9.84 Å². The van der Waals surface area contributed by atoms with E-state index in [1.54, 1.807) is 12.1 Å². The first-order chi connectivity index (χ1) is 9.45. The maximum absolute atomic E-state index is 11.8. The molecule has 1 aromatic carbocycles. The van der Waals surface area contributed by atoms with Crippen LogP contribution >= 0.6 is 0 Å². The van der Waals surface area contributed by atoms with E-state index in [1.807, 2.05) is 10.6 Å². The molecule has 0 amide bonds. The number of aryl methyl sites for hydroxylation is 1. The Kier molecular flexibility index (Phi) is 4.32. The van der Waals surface area contributed by atoms with Crippen LogP contribution in [0.5, 0.6) is 0 Å². The summed E-state index contributed by atoms with van der Waals surface area (Å²) in [7, 11) is -3.29. The Morgan fingerprint density at radius 3 is 2.65 bits per heavy atom. The molecule has 20 heavy (non-hydrogen) atoms. The van der Waals surface area contributed by atoms with Gasteiger partial charge in [0.15, 0.2) is 9.84 Å². The number of hydrogen-bond acceptors (Lipinski definition) is 4. The largest absolute Gasteiger partial charge is 0.369 e. The number of sulfone groups is 1. The lowest BCUT2D eigenvalue weighted by atomic mass is 10.2. The number of para-hydroxylation sites is 1. The number of nitrogen functional groups attached to an aromatic ring is 1. The van der Waals surface area contributed by atoms with Crippen LogP contribution in [0, 0.1) is 0 Å². The zero-order valence-corrected chi connectivity index (χ0v) is 12.8. The third-order valence-corrected chi connectivity index (χ3v) is 4.53. The van der Waals surface area contributed by atoms with Crippen LogP contribution in [0.25, 0.3) is 11.0 Å². The van der Waals surface area contributed by atoms with Gasteiger partial charge in [-0.05, 0) is 18.6 Å². The lowest BCUT2D eigenvalue weighted by molar-refractivity contribution is 0.595. The summed E-state index contributed by atoms with van der Waals surface area (Å²) in [6, 6.07) is 5.18. The van der Waals surface area contributed by atoms with Crippen molar-refractivity contribution in [1.82, 2.24) is 9.55 Å². The molecule has 5 nitrogen and oxygen atoms in total. The van der Waals surface area contributed by atoms with Gasteiger partial charge in [-0.2, -0.15) is 0 Å². The highest BCUT2D eigenvalue weighted by Gasteiger charge is 2.17. The van der Waals surface area contributed by atoms with Crippen molar-refractivity contribution < 1.29 is 8.42 Å². The zero-order chi connectivity index (χ0) is 14.8. The number of anilines is 1. The van der Waals surface area contributed by atoms with E-state index in [4.69, 9.17) is 5.73 Å². The van der Waals surface area contributed by atoms with Gasteiger partial charge in [0, 0.05) is 12.8 Å². The van der Waals surface area contributed by atoms with E-state index in [1.165, 1.54) is 19.1 Å². The van der Waals surface area contributed by atoms with Crippen LogP contribution < -0.4 is 5.73 Å². The second-order valence-electron chi connectivity index (χ2n) is 5.08. The predicted octanol–water partition coefficient (Wildman–Crippen LogP) is 2.60. The number of benzene rings is 1. The monoisotopic (exact) mass is 295 g/mol. The number of fused-ring (bicyclic) bond motifs is 1. The first kappa shape index (κ1) is 14.8. The minimum Gasteiger partial charge on any atom is -0.369 e. The molecule has 6 heteroatoms. The Morgan fingerprint density at radius 1 is 1.25 bits per heavy atom. The first-order valence-electron chi connectivity index (χ1n) is 6.90. The number of nitrogens with zero attached hydrogens (tertiary/aromatic N) is 2. The normalized spacial score (nSPS) is 12.1. The third-order valence-electron chi connectivity index (χ3n) is 3.41. The van der Waals surface area contributed by atoms with Crippen LogP contribution in [0.1, 0.15) is 32.6 Å². The van der Waals surface area contributed by atoms with Gasteiger partial charge in [0.05, 0.1) is 10.4 Å². The van der Waals surface area contributed by atoms with Gasteiger partial charge in [0.2, 0.25) is 5.95 Å². The summed E-state index contributed by atoms with van der Waals surface area (Å²) in [6.07, 6.45) is 5.73. The number of nitrogens with two attached hydrogens (primary N) is 1. The Hall–Kier alpha value is -1.56. The van der Waals surface area contributed by atoms with Gasteiger partial charge in [0.1, 0.15) is 5.52 Å². The molecule has 0 aliphatic carbocycles. The Labute approximate surface area is 119 Å². The molecule has 2 N–H and O–H groups in total. The van der Waals surface area contributed by atoms with Gasteiger partial charge in [-0.3, -0.25) is 0 Å². The van der Waals surface area contributed by atoms with Crippen molar-refractivity contribution in [2.45, 2.75) is 44.0 Å². The maximum atomic E-state index is 11.8. The van der Waals surface area contributed by atoms with E-state index >= 15 is 0 Å². The van der Waals surface area contributed by atoms with Crippen molar-refractivity contribution in [3.05, 3.63) is 18.2 Å². The molecule has 2 aromatic rings. The van der Waals surface area contributed by atoms with Crippen molar-refractivity contribution in [3.63, 3.8) is 0 Å². The molecule has 110 valence electrons. The van der Waals surface area contributed by atoms with E-state index in [9.17, 15) is 8.42 Å². The molecule has 1 aromatic heterocycles. The second-order valence-corrected chi connectivity index (χ2v) is 7.06. The molecule has 1 heterocycles. The summed E-state index contributed by atoms with van der Waals surface area (Å²) in [5.41, 5.74) is 7.21. The van der Waals surface area contributed by atoms with Gasteiger partial charge < -0.3 is 10.3 Å². The molecular weight excluding hydrogens is 274 g/mol. The molecule has 0 fully saturated rings. The number of unbranched alkanes of at least 4 members (excludes halogenated alkanes) is 3. The molecule has 0 saturated carbocycles. The molecule has 0 saturated heterocycles. The minimum atomic E-state index is -3.29. The quantitative estimate of drug-likeness (QED) is 0.831. The SMILES string of the molecule is CCCCCCn1c(N)nc2c(S(C)(=O)=O)cccc21. The van der Waals surface area contributed by atoms with Crippen LogP contribution in [-0.4, -0.2) is 24.2 Å². The minimum absolute atomic E-state index is 0.244. The predicted molar refractivity (Wildman–Crippen MR) is 81.4 cm³/mol. The summed E-state index contributed by atoms with van der Waals surface area (Å²) in [4.78, 5) is 4.48. The summed E-state index contributed by atoms with van der Waals surface area (Å²) in [5.74, 6) is 0.382. The molecule has 0 radical (unpaired) electrons. The van der Waals surface area contributed by atoms with Gasteiger partial charge in [0.25, 0.3) is 0 Å². The van der Waals surface area contributed by atoms with Gasteiger partial charge in [-0.1, -0.05) is 32.3 Å².